The molecule has 6 rings (SSSR count). The molecule has 1 aliphatic heterocycles. The summed E-state index contributed by atoms with van der Waals surface area (Å²) in [6, 6.07) is 8.72. The van der Waals surface area contributed by atoms with Crippen LogP contribution in [0.25, 0.3) is 0 Å². The summed E-state index contributed by atoms with van der Waals surface area (Å²) >= 11 is 1.30. The summed E-state index contributed by atoms with van der Waals surface area (Å²) in [5.74, 6) is -1.35. The highest BCUT2D eigenvalue weighted by Crippen LogP contribution is 2.59. The molecule has 4 fully saturated rings. The summed E-state index contributed by atoms with van der Waals surface area (Å²) in [5.41, 5.74) is -5.66. The second-order valence-corrected chi connectivity index (χ2v) is 14.0. The summed E-state index contributed by atoms with van der Waals surface area (Å²) in [6.45, 7) is 2.16. The minimum absolute atomic E-state index is 0.0951. The molecule has 3 aliphatic carbocycles. The van der Waals surface area contributed by atoms with Crippen molar-refractivity contribution in [1.29, 1.82) is 0 Å². The number of hydrogen-bond donors (Lipinski definition) is 1. The molecule has 43 heavy (non-hydrogen) atoms. The van der Waals surface area contributed by atoms with Crippen molar-refractivity contribution in [2.24, 2.45) is 10.8 Å². The zero-order valence-corrected chi connectivity index (χ0v) is 24.5. The van der Waals surface area contributed by atoms with E-state index in [-0.39, 0.29) is 19.4 Å². The first-order chi connectivity index (χ1) is 19.9. The Kier molecular flexibility index (Phi) is 7.66. The van der Waals surface area contributed by atoms with Crippen molar-refractivity contribution in [1.82, 2.24) is 4.90 Å². The van der Waals surface area contributed by atoms with Crippen LogP contribution in [-0.2, 0) is 19.8 Å². The van der Waals surface area contributed by atoms with Crippen molar-refractivity contribution >= 4 is 23.6 Å². The summed E-state index contributed by atoms with van der Waals surface area (Å²) in [7, 11) is 0. The molecule has 1 saturated heterocycles. The number of thioether (sulfide) groups is 1. The number of carbonyl (C=O) groups excluding carboxylic acids is 1. The lowest BCUT2D eigenvalue weighted by Gasteiger charge is -2.51. The van der Waals surface area contributed by atoms with E-state index in [0.29, 0.717) is 67.5 Å². The quantitative estimate of drug-likeness (QED) is 0.327. The highest BCUT2D eigenvalue weighted by molar-refractivity contribution is 8.00. The number of hydrogen-bond acceptors (Lipinski definition) is 3. The van der Waals surface area contributed by atoms with Crippen molar-refractivity contribution in [3.05, 3.63) is 65.0 Å². The Morgan fingerprint density at radius 2 is 1.37 bits per heavy atom. The molecular weight excluding hydrogens is 599 g/mol. The third kappa shape index (κ3) is 5.11. The zero-order valence-electron chi connectivity index (χ0n) is 23.7. The number of fused-ring (bicyclic) bond motifs is 3. The SMILES string of the molecule is Cc1cc(S[C@@]2(c3ccc(C(C)(C(F)(F)F)C(F)(F)F)cc3)CCN(C(=O)C34CCC(C(=O)O)(CC3)CC4)C2)ccc1F. The molecule has 4 nitrogen and oxygen atoms in total. The highest BCUT2D eigenvalue weighted by Gasteiger charge is 2.68. The van der Waals surface area contributed by atoms with E-state index >= 15 is 0 Å². The van der Waals surface area contributed by atoms with E-state index in [9.17, 15) is 45.4 Å². The first-order valence-corrected chi connectivity index (χ1v) is 14.9. The minimum Gasteiger partial charge on any atom is -0.481 e. The van der Waals surface area contributed by atoms with Gasteiger partial charge in [0.1, 0.15) is 5.82 Å². The van der Waals surface area contributed by atoms with Crippen LogP contribution < -0.4 is 0 Å². The fourth-order valence-corrected chi connectivity index (χ4v) is 8.49. The van der Waals surface area contributed by atoms with Gasteiger partial charge in [0.25, 0.3) is 0 Å². The Morgan fingerprint density at radius 3 is 1.86 bits per heavy atom. The van der Waals surface area contributed by atoms with Crippen LogP contribution in [0.3, 0.4) is 0 Å². The number of carboxylic acid groups (broad SMARTS) is 1. The Morgan fingerprint density at radius 1 is 0.837 bits per heavy atom. The molecule has 1 N–H and O–H groups in total. The van der Waals surface area contributed by atoms with Gasteiger partial charge < -0.3 is 10.0 Å². The van der Waals surface area contributed by atoms with Gasteiger partial charge in [-0.05, 0) is 93.7 Å². The van der Waals surface area contributed by atoms with Crippen molar-refractivity contribution < 1.29 is 45.4 Å². The number of carboxylic acids is 1. The Hall–Kier alpha value is -2.76. The maximum Gasteiger partial charge on any atom is 0.406 e. The van der Waals surface area contributed by atoms with E-state index in [0.717, 1.165) is 12.1 Å². The molecular formula is C31H32F7NO3S. The van der Waals surface area contributed by atoms with E-state index in [1.165, 1.54) is 30.0 Å². The van der Waals surface area contributed by atoms with Crippen LogP contribution in [0.5, 0.6) is 0 Å². The third-order valence-electron chi connectivity index (χ3n) is 10.2. The highest BCUT2D eigenvalue weighted by atomic mass is 32.2. The van der Waals surface area contributed by atoms with Crippen LogP contribution >= 0.6 is 11.8 Å². The molecule has 0 radical (unpaired) electrons. The predicted octanol–water partition coefficient (Wildman–Crippen LogP) is 8.16. The van der Waals surface area contributed by atoms with Crippen LogP contribution in [0.4, 0.5) is 30.7 Å². The molecule has 2 aromatic carbocycles. The van der Waals surface area contributed by atoms with Gasteiger partial charge >= 0.3 is 18.3 Å². The molecule has 1 atom stereocenters. The molecule has 2 bridgehead atoms. The lowest BCUT2D eigenvalue weighted by Crippen LogP contribution is -2.53. The molecule has 4 aliphatic rings. The molecule has 2 aromatic rings. The molecule has 1 heterocycles. The number of likely N-dealkylation sites (tertiary alicyclic amines) is 1. The van der Waals surface area contributed by atoms with Gasteiger partial charge in [-0.1, -0.05) is 24.3 Å². The van der Waals surface area contributed by atoms with Crippen LogP contribution in [0.15, 0.2) is 47.4 Å². The van der Waals surface area contributed by atoms with Crippen molar-refractivity contribution in [2.75, 3.05) is 13.1 Å². The second kappa shape index (κ2) is 10.4. The number of nitrogens with zero attached hydrogens (tertiary/aromatic N) is 1. The monoisotopic (exact) mass is 631 g/mol. The van der Waals surface area contributed by atoms with Gasteiger partial charge in [-0.3, -0.25) is 9.59 Å². The van der Waals surface area contributed by atoms with E-state index in [4.69, 9.17) is 0 Å². The van der Waals surface area contributed by atoms with Gasteiger partial charge in [0, 0.05) is 23.4 Å². The molecule has 0 aromatic heterocycles. The number of halogens is 7. The number of rotatable bonds is 6. The van der Waals surface area contributed by atoms with E-state index in [1.807, 2.05) is 0 Å². The zero-order chi connectivity index (χ0) is 31.6. The van der Waals surface area contributed by atoms with Gasteiger partial charge in [0.15, 0.2) is 5.41 Å². The number of benzene rings is 2. The van der Waals surface area contributed by atoms with Gasteiger partial charge in [-0.25, -0.2) is 4.39 Å². The van der Waals surface area contributed by atoms with Gasteiger partial charge in [-0.2, -0.15) is 26.3 Å². The number of carbonyl (C=O) groups is 2. The maximum atomic E-state index is 14.0. The Bertz CT molecular complexity index is 1380. The fraction of sp³-hybridized carbons (Fsp3) is 0.548. The largest absolute Gasteiger partial charge is 0.481 e. The van der Waals surface area contributed by atoms with E-state index in [2.05, 4.69) is 0 Å². The Balaban J connectivity index is 1.48. The van der Waals surface area contributed by atoms with Crippen LogP contribution in [0.2, 0.25) is 0 Å². The van der Waals surface area contributed by atoms with Crippen LogP contribution in [0.1, 0.15) is 68.6 Å². The first-order valence-electron chi connectivity index (χ1n) is 14.1. The lowest BCUT2D eigenvalue weighted by atomic mass is 9.53. The lowest BCUT2D eigenvalue weighted by molar-refractivity contribution is -0.297. The summed E-state index contributed by atoms with van der Waals surface area (Å²) in [5, 5.41) is 9.73. The number of aliphatic carboxylic acids is 1. The van der Waals surface area contributed by atoms with Gasteiger partial charge in [0.05, 0.1) is 10.2 Å². The van der Waals surface area contributed by atoms with Crippen molar-refractivity contribution in [2.45, 2.75) is 86.2 Å². The van der Waals surface area contributed by atoms with Crippen molar-refractivity contribution in [3.8, 4) is 0 Å². The number of alkyl halides is 6. The normalized spacial score (nSPS) is 27.9. The average Bonchev–Trinajstić information content (AvgIpc) is 3.39. The van der Waals surface area contributed by atoms with Gasteiger partial charge in [-0.15, -0.1) is 11.8 Å². The summed E-state index contributed by atoms with van der Waals surface area (Å²) in [6.07, 6.45) is -8.21. The molecule has 1 amide bonds. The number of aryl methyl sites for hydroxylation is 1. The van der Waals surface area contributed by atoms with Crippen molar-refractivity contribution in [3.63, 3.8) is 0 Å². The molecule has 12 heteroatoms. The maximum absolute atomic E-state index is 14.0. The molecule has 3 saturated carbocycles. The average molecular weight is 632 g/mol. The summed E-state index contributed by atoms with van der Waals surface area (Å²) in [4.78, 5) is 28.2. The smallest absolute Gasteiger partial charge is 0.406 e. The number of amides is 1. The third-order valence-corrected chi connectivity index (χ3v) is 11.7. The first kappa shape index (κ1) is 31.7. The molecule has 234 valence electrons. The van der Waals surface area contributed by atoms with E-state index < -0.39 is 50.7 Å². The van der Waals surface area contributed by atoms with Crippen LogP contribution in [0, 0.1) is 23.6 Å². The Labute approximate surface area is 249 Å². The fourth-order valence-electron chi connectivity index (χ4n) is 7.00. The van der Waals surface area contributed by atoms with Gasteiger partial charge in [0.2, 0.25) is 5.91 Å². The summed E-state index contributed by atoms with van der Waals surface area (Å²) < 4.78 is 95.6. The minimum atomic E-state index is -5.58. The van der Waals surface area contributed by atoms with E-state index in [1.54, 1.807) is 24.0 Å². The molecule has 0 unspecified atom stereocenters. The van der Waals surface area contributed by atoms with Crippen LogP contribution in [-0.4, -0.2) is 47.3 Å². The molecule has 0 spiro atoms. The standard InChI is InChI=1S/C31H32F7NO3S/c1-19-17-22(7-8-23(19)32)43-29(21-5-3-20(4-6-21)26(2,30(33,34)35)31(36,37)38)15-16-39(18-29)24(40)27-9-12-28(13-10-27,14-11-27)25(41)42/h3-8,17H,9-16,18H2,1-2H3,(H,41,42)/t27?,28?,29-/m0/s1. The second-order valence-electron chi connectivity index (χ2n) is 12.5. The predicted molar refractivity (Wildman–Crippen MR) is 146 cm³/mol. The topological polar surface area (TPSA) is 57.6 Å².